The third-order valence-corrected chi connectivity index (χ3v) is 5.18. The highest BCUT2D eigenvalue weighted by molar-refractivity contribution is 8.01. The van der Waals surface area contributed by atoms with Crippen molar-refractivity contribution in [1.29, 1.82) is 0 Å². The fourth-order valence-electron chi connectivity index (χ4n) is 2.71. The van der Waals surface area contributed by atoms with Gasteiger partial charge in [-0.15, -0.1) is 11.8 Å². The molecule has 1 aromatic carbocycles. The minimum Gasteiger partial charge on any atom is -0.336 e. The molecule has 3 rings (SSSR count). The minimum absolute atomic E-state index is 0.0875. The lowest BCUT2D eigenvalue weighted by atomic mass is 10.1. The Morgan fingerprint density at radius 3 is 2.84 bits per heavy atom. The predicted molar refractivity (Wildman–Crippen MR) is 78.5 cm³/mol. The normalized spacial score (nSPS) is 21.8. The van der Waals surface area contributed by atoms with E-state index < -0.39 is 0 Å². The van der Waals surface area contributed by atoms with Gasteiger partial charge in [0.2, 0.25) is 5.91 Å². The monoisotopic (exact) mass is 276 g/mol. The Labute approximate surface area is 118 Å². The highest BCUT2D eigenvalue weighted by Crippen LogP contribution is 2.37. The second-order valence-corrected chi connectivity index (χ2v) is 6.51. The molecule has 3 nitrogen and oxygen atoms in total. The lowest BCUT2D eigenvalue weighted by Crippen LogP contribution is -2.60. The maximum Gasteiger partial charge on any atom is 0.236 e. The zero-order chi connectivity index (χ0) is 13.2. The van der Waals surface area contributed by atoms with Crippen LogP contribution in [-0.2, 0) is 11.2 Å². The van der Waals surface area contributed by atoms with Crippen LogP contribution in [0.2, 0.25) is 0 Å². The van der Waals surface area contributed by atoms with E-state index in [2.05, 4.69) is 41.4 Å². The van der Waals surface area contributed by atoms with Crippen LogP contribution in [0.5, 0.6) is 0 Å². The maximum atomic E-state index is 12.7. The van der Waals surface area contributed by atoms with Gasteiger partial charge in [0.1, 0.15) is 0 Å². The quantitative estimate of drug-likeness (QED) is 0.912. The van der Waals surface area contributed by atoms with Crippen LogP contribution in [0.25, 0.3) is 0 Å². The molecule has 2 aliphatic heterocycles. The molecule has 0 spiro atoms. The molecule has 0 bridgehead atoms. The zero-order valence-corrected chi connectivity index (χ0v) is 12.1. The molecule has 0 radical (unpaired) electrons. The Bertz CT molecular complexity index is 448. The SMILES string of the molecule is CCCN(C(=O)C1Cc2ccccc2S1)C1CNC1. The second kappa shape index (κ2) is 5.55. The zero-order valence-electron chi connectivity index (χ0n) is 11.3. The van der Waals surface area contributed by atoms with Crippen LogP contribution < -0.4 is 5.32 Å². The predicted octanol–water partition coefficient (Wildman–Crippen LogP) is 1.91. The van der Waals surface area contributed by atoms with E-state index >= 15 is 0 Å². The van der Waals surface area contributed by atoms with E-state index in [0.717, 1.165) is 32.5 Å². The molecule has 1 aromatic rings. The average molecular weight is 276 g/mol. The fraction of sp³-hybridized carbons (Fsp3) is 0.533. The topological polar surface area (TPSA) is 32.3 Å². The number of hydrogen-bond acceptors (Lipinski definition) is 3. The second-order valence-electron chi connectivity index (χ2n) is 5.26. The lowest BCUT2D eigenvalue weighted by molar-refractivity contribution is -0.133. The molecule has 0 aliphatic carbocycles. The third-order valence-electron chi connectivity index (χ3n) is 3.87. The average Bonchev–Trinajstić information content (AvgIpc) is 2.79. The van der Waals surface area contributed by atoms with E-state index in [1.807, 2.05) is 0 Å². The van der Waals surface area contributed by atoms with E-state index in [1.54, 1.807) is 11.8 Å². The molecule has 4 heteroatoms. The highest BCUT2D eigenvalue weighted by atomic mass is 32.2. The summed E-state index contributed by atoms with van der Waals surface area (Å²) >= 11 is 1.74. The first-order chi connectivity index (χ1) is 9.29. The Morgan fingerprint density at radius 1 is 1.42 bits per heavy atom. The number of thioether (sulfide) groups is 1. The van der Waals surface area contributed by atoms with Crippen LogP contribution in [0.15, 0.2) is 29.2 Å². The molecular weight excluding hydrogens is 256 g/mol. The largest absolute Gasteiger partial charge is 0.336 e. The first-order valence-electron chi connectivity index (χ1n) is 7.05. The molecule has 1 saturated heterocycles. The van der Waals surface area contributed by atoms with Gasteiger partial charge >= 0.3 is 0 Å². The van der Waals surface area contributed by atoms with Crippen molar-refractivity contribution in [3.8, 4) is 0 Å². The van der Waals surface area contributed by atoms with Crippen LogP contribution >= 0.6 is 11.8 Å². The summed E-state index contributed by atoms with van der Waals surface area (Å²) in [6, 6.07) is 8.80. The Balaban J connectivity index is 1.70. The minimum atomic E-state index is 0.0875. The van der Waals surface area contributed by atoms with Gasteiger partial charge in [0.05, 0.1) is 11.3 Å². The molecule has 0 aromatic heterocycles. The molecule has 2 heterocycles. The fourth-order valence-corrected chi connectivity index (χ4v) is 3.98. The molecule has 1 unspecified atom stereocenters. The molecule has 1 N–H and O–H groups in total. The summed E-state index contributed by atoms with van der Waals surface area (Å²) < 4.78 is 0. The summed E-state index contributed by atoms with van der Waals surface area (Å²) in [5, 5.41) is 3.35. The van der Waals surface area contributed by atoms with Crippen LogP contribution in [0, 0.1) is 0 Å². The number of nitrogens with zero attached hydrogens (tertiary/aromatic N) is 1. The van der Waals surface area contributed by atoms with Crippen molar-refractivity contribution in [1.82, 2.24) is 10.2 Å². The number of amides is 1. The van der Waals surface area contributed by atoms with Gasteiger partial charge in [-0.05, 0) is 24.5 Å². The van der Waals surface area contributed by atoms with E-state index in [4.69, 9.17) is 0 Å². The summed E-state index contributed by atoms with van der Waals surface area (Å²) in [6.45, 7) is 4.94. The van der Waals surface area contributed by atoms with Crippen LogP contribution in [-0.4, -0.2) is 41.7 Å². The van der Waals surface area contributed by atoms with E-state index in [1.165, 1.54) is 10.5 Å². The van der Waals surface area contributed by atoms with Gasteiger partial charge in [-0.25, -0.2) is 0 Å². The van der Waals surface area contributed by atoms with Gasteiger partial charge < -0.3 is 10.2 Å². The first-order valence-corrected chi connectivity index (χ1v) is 7.93. The first kappa shape index (κ1) is 13.0. The molecule has 19 heavy (non-hydrogen) atoms. The van der Waals surface area contributed by atoms with Gasteiger partial charge in [0.25, 0.3) is 0 Å². The molecule has 1 amide bonds. The van der Waals surface area contributed by atoms with E-state index in [-0.39, 0.29) is 5.25 Å². The molecule has 0 saturated carbocycles. The van der Waals surface area contributed by atoms with Gasteiger partial charge in [-0.3, -0.25) is 4.79 Å². The number of fused-ring (bicyclic) bond motifs is 1. The number of carbonyl (C=O) groups is 1. The third kappa shape index (κ3) is 2.51. The van der Waals surface area contributed by atoms with Crippen molar-refractivity contribution in [2.24, 2.45) is 0 Å². The van der Waals surface area contributed by atoms with Gasteiger partial charge in [0, 0.05) is 24.5 Å². The van der Waals surface area contributed by atoms with Crippen LogP contribution in [0.4, 0.5) is 0 Å². The summed E-state index contributed by atoms with van der Waals surface area (Å²) in [7, 11) is 0. The van der Waals surface area contributed by atoms with Crippen LogP contribution in [0.3, 0.4) is 0 Å². The molecule has 102 valence electrons. The molecule has 2 aliphatic rings. The van der Waals surface area contributed by atoms with E-state index in [9.17, 15) is 4.79 Å². The Hall–Kier alpha value is -1.00. The number of hydrogen-bond donors (Lipinski definition) is 1. The smallest absolute Gasteiger partial charge is 0.236 e. The van der Waals surface area contributed by atoms with Gasteiger partial charge in [0.15, 0.2) is 0 Å². The van der Waals surface area contributed by atoms with Gasteiger partial charge in [-0.2, -0.15) is 0 Å². The van der Waals surface area contributed by atoms with E-state index in [0.29, 0.717) is 11.9 Å². The Kier molecular flexibility index (Phi) is 3.80. The van der Waals surface area contributed by atoms with Gasteiger partial charge in [-0.1, -0.05) is 25.1 Å². The Morgan fingerprint density at radius 2 is 2.21 bits per heavy atom. The maximum absolute atomic E-state index is 12.7. The number of carbonyl (C=O) groups excluding carboxylic acids is 1. The molecule has 1 fully saturated rings. The van der Waals surface area contributed by atoms with Crippen molar-refractivity contribution in [3.63, 3.8) is 0 Å². The summed E-state index contributed by atoms with van der Waals surface area (Å²) in [5.41, 5.74) is 1.33. The summed E-state index contributed by atoms with van der Waals surface area (Å²) in [5.74, 6) is 0.328. The highest BCUT2D eigenvalue weighted by Gasteiger charge is 2.35. The number of benzene rings is 1. The molecule has 1 atom stereocenters. The summed E-state index contributed by atoms with van der Waals surface area (Å²) in [6.07, 6.45) is 1.92. The number of nitrogens with one attached hydrogen (secondary N) is 1. The van der Waals surface area contributed by atoms with Crippen molar-refractivity contribution < 1.29 is 4.79 Å². The van der Waals surface area contributed by atoms with Crippen molar-refractivity contribution in [2.45, 2.75) is 36.0 Å². The van der Waals surface area contributed by atoms with Crippen molar-refractivity contribution in [3.05, 3.63) is 29.8 Å². The van der Waals surface area contributed by atoms with Crippen LogP contribution in [0.1, 0.15) is 18.9 Å². The molecular formula is C15H20N2OS. The van der Waals surface area contributed by atoms with Crippen molar-refractivity contribution >= 4 is 17.7 Å². The number of rotatable bonds is 4. The summed E-state index contributed by atoms with van der Waals surface area (Å²) in [4.78, 5) is 16.1. The standard InChI is InChI=1S/C15H20N2OS/c1-2-7-17(12-9-16-10-12)15(18)14-8-11-5-3-4-6-13(11)19-14/h3-6,12,14,16H,2,7-10H2,1H3. The lowest BCUT2D eigenvalue weighted by Gasteiger charge is -2.39. The van der Waals surface area contributed by atoms with Crippen molar-refractivity contribution in [2.75, 3.05) is 19.6 Å².